The molecular formula is C17H32N2O2. The summed E-state index contributed by atoms with van der Waals surface area (Å²) in [6, 6.07) is -0.617. The molecule has 0 aromatic heterocycles. The van der Waals surface area contributed by atoms with Gasteiger partial charge < -0.3 is 10.2 Å². The molecule has 2 atom stereocenters. The molecule has 0 aliphatic carbocycles. The fourth-order valence-corrected chi connectivity index (χ4v) is 2.91. The molecule has 1 saturated heterocycles. The van der Waals surface area contributed by atoms with E-state index in [9.17, 15) is 9.59 Å². The topological polar surface area (TPSA) is 49.4 Å². The Bertz CT molecular complexity index is 331. The van der Waals surface area contributed by atoms with Crippen LogP contribution in [0.15, 0.2) is 0 Å². The van der Waals surface area contributed by atoms with Crippen LogP contribution >= 0.6 is 0 Å². The maximum atomic E-state index is 12.4. The number of nitrogens with one attached hydrogen (secondary N) is 1. The molecular weight excluding hydrogens is 264 g/mol. The Labute approximate surface area is 129 Å². The van der Waals surface area contributed by atoms with E-state index in [1.165, 1.54) is 32.1 Å². The number of carbonyl (C=O) groups excluding carboxylic acids is 2. The first kappa shape index (κ1) is 18.0. The van der Waals surface area contributed by atoms with Gasteiger partial charge in [0.05, 0.1) is 0 Å². The molecule has 21 heavy (non-hydrogen) atoms. The van der Waals surface area contributed by atoms with Crippen LogP contribution in [0.25, 0.3) is 0 Å². The zero-order chi connectivity index (χ0) is 15.7. The molecule has 0 aromatic rings. The van der Waals surface area contributed by atoms with E-state index in [0.717, 1.165) is 32.2 Å². The summed E-state index contributed by atoms with van der Waals surface area (Å²) in [7, 11) is 0. The summed E-state index contributed by atoms with van der Waals surface area (Å²) in [5.74, 6) is 0.103. The monoisotopic (exact) mass is 296 g/mol. The van der Waals surface area contributed by atoms with Crippen LogP contribution in [0.4, 0.5) is 0 Å². The normalized spacial score (nSPS) is 22.5. The van der Waals surface area contributed by atoms with E-state index in [2.05, 4.69) is 12.2 Å². The van der Waals surface area contributed by atoms with E-state index in [0.29, 0.717) is 0 Å². The van der Waals surface area contributed by atoms with Crippen molar-refractivity contribution in [2.24, 2.45) is 0 Å². The second-order valence-electron chi connectivity index (χ2n) is 6.18. The first-order chi connectivity index (χ1) is 10.1. The number of nitrogens with zero attached hydrogens (tertiary/aromatic N) is 1. The van der Waals surface area contributed by atoms with Crippen molar-refractivity contribution in [1.82, 2.24) is 10.2 Å². The minimum Gasteiger partial charge on any atom is -0.343 e. The van der Waals surface area contributed by atoms with Crippen LogP contribution in [0, 0.1) is 0 Å². The van der Waals surface area contributed by atoms with Gasteiger partial charge in [0, 0.05) is 6.54 Å². The SMILES string of the molecule is CCCCCCCCCN1C(=O)C(CCC)NC(=O)C1C. The van der Waals surface area contributed by atoms with E-state index >= 15 is 0 Å². The zero-order valence-electron chi connectivity index (χ0n) is 14.0. The molecule has 4 nitrogen and oxygen atoms in total. The molecule has 4 heteroatoms. The Balaban J connectivity index is 2.33. The largest absolute Gasteiger partial charge is 0.343 e. The highest BCUT2D eigenvalue weighted by Crippen LogP contribution is 2.15. The fraction of sp³-hybridized carbons (Fsp3) is 0.882. The molecule has 2 unspecified atom stereocenters. The van der Waals surface area contributed by atoms with Gasteiger partial charge in [-0.15, -0.1) is 0 Å². The Morgan fingerprint density at radius 3 is 2.19 bits per heavy atom. The van der Waals surface area contributed by atoms with Gasteiger partial charge in [-0.3, -0.25) is 9.59 Å². The fourth-order valence-electron chi connectivity index (χ4n) is 2.91. The number of carbonyl (C=O) groups is 2. The van der Waals surface area contributed by atoms with Gasteiger partial charge in [0.1, 0.15) is 12.1 Å². The number of hydrogen-bond acceptors (Lipinski definition) is 2. The van der Waals surface area contributed by atoms with Gasteiger partial charge in [0.25, 0.3) is 0 Å². The molecule has 1 N–H and O–H groups in total. The second-order valence-corrected chi connectivity index (χ2v) is 6.18. The Kier molecular flexibility index (Phi) is 8.40. The summed E-state index contributed by atoms with van der Waals surface area (Å²) in [5.41, 5.74) is 0. The van der Waals surface area contributed by atoms with Crippen molar-refractivity contribution >= 4 is 11.8 Å². The number of rotatable bonds is 10. The highest BCUT2D eigenvalue weighted by Gasteiger charge is 2.36. The Hall–Kier alpha value is -1.06. The van der Waals surface area contributed by atoms with E-state index in [1.54, 1.807) is 4.90 Å². The number of hydrogen-bond donors (Lipinski definition) is 1. The first-order valence-electron chi connectivity index (χ1n) is 8.72. The average molecular weight is 296 g/mol. The predicted octanol–water partition coefficient (Wildman–Crippen LogP) is 3.25. The third-order valence-corrected chi connectivity index (χ3v) is 4.32. The van der Waals surface area contributed by atoms with Gasteiger partial charge in [-0.1, -0.05) is 58.8 Å². The lowest BCUT2D eigenvalue weighted by atomic mass is 10.0. The van der Waals surface area contributed by atoms with Crippen LogP contribution < -0.4 is 5.32 Å². The lowest BCUT2D eigenvalue weighted by molar-refractivity contribution is -0.148. The smallest absolute Gasteiger partial charge is 0.245 e. The predicted molar refractivity (Wildman–Crippen MR) is 86.0 cm³/mol. The molecule has 122 valence electrons. The minimum atomic E-state index is -0.314. The maximum Gasteiger partial charge on any atom is 0.245 e. The van der Waals surface area contributed by atoms with Crippen LogP contribution in [0.2, 0.25) is 0 Å². The molecule has 0 saturated carbocycles. The standard InChI is InChI=1S/C17H32N2O2/c1-4-6-7-8-9-10-11-13-19-14(3)16(20)18-15(12-5-2)17(19)21/h14-15H,4-13H2,1-3H3,(H,18,20). The van der Waals surface area contributed by atoms with Crippen molar-refractivity contribution in [2.75, 3.05) is 6.54 Å². The van der Waals surface area contributed by atoms with Gasteiger partial charge in [0.15, 0.2) is 0 Å². The molecule has 0 aromatic carbocycles. The molecule has 1 heterocycles. The van der Waals surface area contributed by atoms with Crippen molar-refractivity contribution in [2.45, 2.75) is 90.6 Å². The van der Waals surface area contributed by atoms with Gasteiger partial charge in [-0.25, -0.2) is 0 Å². The van der Waals surface area contributed by atoms with Crippen LogP contribution in [-0.4, -0.2) is 35.3 Å². The third kappa shape index (κ3) is 5.68. The van der Waals surface area contributed by atoms with Gasteiger partial charge >= 0.3 is 0 Å². The van der Waals surface area contributed by atoms with Crippen molar-refractivity contribution in [3.8, 4) is 0 Å². The molecule has 1 fully saturated rings. The molecule has 1 aliphatic heterocycles. The summed E-state index contributed by atoms with van der Waals surface area (Å²) >= 11 is 0. The van der Waals surface area contributed by atoms with Crippen molar-refractivity contribution in [1.29, 1.82) is 0 Å². The number of piperazine rings is 1. The van der Waals surface area contributed by atoms with Crippen LogP contribution in [0.5, 0.6) is 0 Å². The molecule has 0 spiro atoms. The second kappa shape index (κ2) is 9.80. The molecule has 2 amide bonds. The summed E-state index contributed by atoms with van der Waals surface area (Å²) in [4.78, 5) is 26.1. The summed E-state index contributed by atoms with van der Waals surface area (Å²) in [6.45, 7) is 6.82. The minimum absolute atomic E-state index is 0.00371. The number of amides is 2. The van der Waals surface area contributed by atoms with Crippen molar-refractivity contribution in [3.05, 3.63) is 0 Å². The Morgan fingerprint density at radius 1 is 0.952 bits per heavy atom. The van der Waals surface area contributed by atoms with E-state index in [4.69, 9.17) is 0 Å². The van der Waals surface area contributed by atoms with Gasteiger partial charge in [-0.05, 0) is 19.8 Å². The van der Waals surface area contributed by atoms with Gasteiger partial charge in [-0.2, -0.15) is 0 Å². The summed E-state index contributed by atoms with van der Waals surface area (Å²) in [6.07, 6.45) is 10.2. The van der Waals surface area contributed by atoms with E-state index < -0.39 is 0 Å². The Morgan fingerprint density at radius 2 is 1.57 bits per heavy atom. The molecule has 0 radical (unpaired) electrons. The lowest BCUT2D eigenvalue weighted by Gasteiger charge is -2.37. The molecule has 0 bridgehead atoms. The quantitative estimate of drug-likeness (QED) is 0.629. The van der Waals surface area contributed by atoms with Crippen molar-refractivity contribution < 1.29 is 9.59 Å². The first-order valence-corrected chi connectivity index (χ1v) is 8.72. The molecule has 1 aliphatic rings. The summed E-state index contributed by atoms with van der Waals surface area (Å²) < 4.78 is 0. The zero-order valence-corrected chi connectivity index (χ0v) is 14.0. The third-order valence-electron chi connectivity index (χ3n) is 4.32. The van der Waals surface area contributed by atoms with Crippen LogP contribution in [0.3, 0.4) is 0 Å². The number of unbranched alkanes of at least 4 members (excludes halogenated alkanes) is 6. The van der Waals surface area contributed by atoms with Gasteiger partial charge in [0.2, 0.25) is 11.8 Å². The van der Waals surface area contributed by atoms with E-state index in [-0.39, 0.29) is 23.9 Å². The van der Waals surface area contributed by atoms with Crippen LogP contribution in [-0.2, 0) is 9.59 Å². The highest BCUT2D eigenvalue weighted by molar-refractivity contribution is 5.96. The maximum absolute atomic E-state index is 12.4. The van der Waals surface area contributed by atoms with Crippen molar-refractivity contribution in [3.63, 3.8) is 0 Å². The van der Waals surface area contributed by atoms with Crippen LogP contribution in [0.1, 0.15) is 78.6 Å². The highest BCUT2D eigenvalue weighted by atomic mass is 16.2. The molecule has 1 rings (SSSR count). The lowest BCUT2D eigenvalue weighted by Crippen LogP contribution is -2.62. The average Bonchev–Trinajstić information content (AvgIpc) is 2.47. The van der Waals surface area contributed by atoms with E-state index in [1.807, 2.05) is 13.8 Å². The summed E-state index contributed by atoms with van der Waals surface area (Å²) in [5, 5.41) is 2.84.